The van der Waals surface area contributed by atoms with Gasteiger partial charge in [-0.2, -0.15) is 0 Å². The molecule has 8 nitrogen and oxygen atoms in total. The third-order valence-corrected chi connectivity index (χ3v) is 8.16. The van der Waals surface area contributed by atoms with Crippen LogP contribution < -0.4 is 9.47 Å². The number of amides is 1. The highest BCUT2D eigenvalue weighted by molar-refractivity contribution is 7.15. The number of nitrogens with zero attached hydrogens (tertiary/aromatic N) is 4. The minimum Gasteiger partial charge on any atom is -0.497 e. The largest absolute Gasteiger partial charge is 0.497 e. The number of ether oxygens (including phenoxy) is 3. The summed E-state index contributed by atoms with van der Waals surface area (Å²) in [6, 6.07) is 9.55. The Bertz CT molecular complexity index is 1290. The zero-order valence-electron chi connectivity index (χ0n) is 20.5. The van der Waals surface area contributed by atoms with Crippen LogP contribution in [0.4, 0.5) is 0 Å². The van der Waals surface area contributed by atoms with Crippen LogP contribution in [0.3, 0.4) is 0 Å². The van der Waals surface area contributed by atoms with Crippen LogP contribution in [0.15, 0.2) is 47.3 Å². The topological polar surface area (TPSA) is 68.5 Å². The zero-order chi connectivity index (χ0) is 24.9. The van der Waals surface area contributed by atoms with Gasteiger partial charge in [-0.3, -0.25) is 14.1 Å². The van der Waals surface area contributed by atoms with E-state index in [9.17, 15) is 4.79 Å². The van der Waals surface area contributed by atoms with Gasteiger partial charge in [-0.05, 0) is 29.6 Å². The standard InChI is InChI=1S/C26H30N4O4S2/c1-32-20-5-6-23(33-2)21(16-20)22-17-30-19(18-36-26(30)27-22)7-8-29(25(31)24-4-3-15-35-24)10-9-28-11-13-34-14-12-28/h3-6,15-18H,7-14H2,1-2H3. The van der Waals surface area contributed by atoms with Crippen molar-refractivity contribution in [2.24, 2.45) is 0 Å². The predicted octanol–water partition coefficient (Wildman–Crippen LogP) is 4.16. The Labute approximate surface area is 218 Å². The van der Waals surface area contributed by atoms with Gasteiger partial charge in [-0.1, -0.05) is 6.07 Å². The Morgan fingerprint density at radius 3 is 2.75 bits per heavy atom. The highest BCUT2D eigenvalue weighted by atomic mass is 32.1. The molecule has 1 fully saturated rings. The fourth-order valence-corrected chi connectivity index (χ4v) is 5.96. The van der Waals surface area contributed by atoms with Crippen molar-refractivity contribution < 1.29 is 19.0 Å². The van der Waals surface area contributed by atoms with E-state index >= 15 is 0 Å². The highest BCUT2D eigenvalue weighted by Gasteiger charge is 2.20. The van der Waals surface area contributed by atoms with E-state index < -0.39 is 0 Å². The van der Waals surface area contributed by atoms with Crippen LogP contribution in [-0.2, 0) is 11.2 Å². The van der Waals surface area contributed by atoms with Crippen molar-refractivity contribution in [3.8, 4) is 22.8 Å². The van der Waals surface area contributed by atoms with E-state index in [2.05, 4.69) is 14.7 Å². The molecule has 1 aliphatic heterocycles. The second kappa shape index (κ2) is 11.4. The van der Waals surface area contributed by atoms with Crippen LogP contribution in [0.5, 0.6) is 11.5 Å². The van der Waals surface area contributed by atoms with E-state index in [0.29, 0.717) is 13.1 Å². The van der Waals surface area contributed by atoms with Crippen molar-refractivity contribution in [3.05, 3.63) is 57.9 Å². The van der Waals surface area contributed by atoms with E-state index in [1.54, 1.807) is 25.6 Å². The number of thiazole rings is 1. The molecule has 190 valence electrons. The van der Waals surface area contributed by atoms with E-state index in [1.807, 2.05) is 46.8 Å². The van der Waals surface area contributed by atoms with Crippen LogP contribution in [0, 0.1) is 0 Å². The Morgan fingerprint density at radius 2 is 2.00 bits per heavy atom. The molecule has 0 N–H and O–H groups in total. The molecule has 0 unspecified atom stereocenters. The first-order valence-corrected chi connectivity index (χ1v) is 13.7. The minimum absolute atomic E-state index is 0.0946. The molecule has 36 heavy (non-hydrogen) atoms. The molecule has 4 heterocycles. The quantitative estimate of drug-likeness (QED) is 0.309. The van der Waals surface area contributed by atoms with Crippen molar-refractivity contribution in [1.82, 2.24) is 19.2 Å². The molecule has 1 aromatic carbocycles. The van der Waals surface area contributed by atoms with Gasteiger partial charge in [0.1, 0.15) is 11.5 Å². The van der Waals surface area contributed by atoms with Crippen LogP contribution in [0.25, 0.3) is 16.2 Å². The second-order valence-electron chi connectivity index (χ2n) is 8.55. The number of imidazole rings is 1. The number of morpholine rings is 1. The van der Waals surface area contributed by atoms with Gasteiger partial charge in [0.15, 0.2) is 4.96 Å². The monoisotopic (exact) mass is 526 g/mol. The lowest BCUT2D eigenvalue weighted by Crippen LogP contribution is -2.43. The molecule has 4 aromatic rings. The Hall–Kier alpha value is -2.92. The molecule has 5 rings (SSSR count). The lowest BCUT2D eigenvalue weighted by atomic mass is 10.1. The van der Waals surface area contributed by atoms with Crippen molar-refractivity contribution in [2.45, 2.75) is 6.42 Å². The number of thiophene rings is 1. The Kier molecular flexibility index (Phi) is 7.86. The molecule has 10 heteroatoms. The summed E-state index contributed by atoms with van der Waals surface area (Å²) in [7, 11) is 3.31. The van der Waals surface area contributed by atoms with Gasteiger partial charge in [0.05, 0.1) is 38.0 Å². The van der Waals surface area contributed by atoms with Crippen LogP contribution in [0.1, 0.15) is 15.4 Å². The smallest absolute Gasteiger partial charge is 0.263 e. The second-order valence-corrected chi connectivity index (χ2v) is 10.3. The van der Waals surface area contributed by atoms with E-state index in [0.717, 1.165) is 77.6 Å². The van der Waals surface area contributed by atoms with Gasteiger partial charge in [-0.15, -0.1) is 22.7 Å². The average molecular weight is 527 g/mol. The molecule has 0 spiro atoms. The molecule has 0 saturated carbocycles. The third-order valence-electron chi connectivity index (χ3n) is 6.41. The predicted molar refractivity (Wildman–Crippen MR) is 143 cm³/mol. The number of hydrogen-bond acceptors (Lipinski definition) is 8. The van der Waals surface area contributed by atoms with Gasteiger partial charge in [0.25, 0.3) is 5.91 Å². The van der Waals surface area contributed by atoms with Crippen LogP contribution in [0.2, 0.25) is 0 Å². The number of rotatable bonds is 10. The van der Waals surface area contributed by atoms with E-state index in [4.69, 9.17) is 19.2 Å². The highest BCUT2D eigenvalue weighted by Crippen LogP contribution is 2.34. The number of aromatic nitrogens is 2. The molecule has 3 aromatic heterocycles. The average Bonchev–Trinajstić information content (AvgIpc) is 3.67. The lowest BCUT2D eigenvalue weighted by molar-refractivity contribution is 0.0326. The summed E-state index contributed by atoms with van der Waals surface area (Å²) in [4.78, 5) is 24.1. The molecule has 0 atom stereocenters. The fraction of sp³-hybridized carbons (Fsp3) is 0.385. The van der Waals surface area contributed by atoms with Crippen molar-refractivity contribution in [1.29, 1.82) is 0 Å². The first kappa shape index (κ1) is 24.8. The van der Waals surface area contributed by atoms with Gasteiger partial charge in [-0.25, -0.2) is 4.98 Å². The number of carbonyl (C=O) groups excluding carboxylic acids is 1. The maximum absolute atomic E-state index is 13.3. The molecule has 0 bridgehead atoms. The molecule has 1 amide bonds. The molecule has 1 aliphatic rings. The molecular weight excluding hydrogens is 496 g/mol. The molecule has 1 saturated heterocycles. The molecule has 0 aliphatic carbocycles. The van der Waals surface area contributed by atoms with Crippen molar-refractivity contribution in [3.63, 3.8) is 0 Å². The van der Waals surface area contributed by atoms with Crippen molar-refractivity contribution in [2.75, 3.05) is 60.2 Å². The van der Waals surface area contributed by atoms with Gasteiger partial charge < -0.3 is 19.1 Å². The molecule has 0 radical (unpaired) electrons. The summed E-state index contributed by atoms with van der Waals surface area (Å²) in [6.07, 6.45) is 2.78. The normalized spacial score (nSPS) is 14.3. The maximum atomic E-state index is 13.3. The molecular formula is C26H30N4O4S2. The fourth-order valence-electron chi connectivity index (χ4n) is 4.36. The first-order chi connectivity index (χ1) is 17.7. The van der Waals surface area contributed by atoms with Gasteiger partial charge in [0, 0.05) is 62.0 Å². The summed E-state index contributed by atoms with van der Waals surface area (Å²) in [5.41, 5.74) is 2.85. The van der Waals surface area contributed by atoms with Crippen molar-refractivity contribution >= 4 is 33.5 Å². The zero-order valence-corrected chi connectivity index (χ0v) is 22.1. The Balaban J connectivity index is 1.34. The van der Waals surface area contributed by atoms with Gasteiger partial charge in [0.2, 0.25) is 0 Å². The number of carbonyl (C=O) groups is 1. The van der Waals surface area contributed by atoms with E-state index in [1.165, 1.54) is 11.3 Å². The lowest BCUT2D eigenvalue weighted by Gasteiger charge is -2.30. The SMILES string of the molecule is COc1ccc(OC)c(-c2cn3c(CCN(CCN4CCOCC4)C(=O)c4cccs4)csc3n2)c1. The van der Waals surface area contributed by atoms with Gasteiger partial charge >= 0.3 is 0 Å². The number of methoxy groups -OCH3 is 2. The summed E-state index contributed by atoms with van der Waals surface area (Å²) in [6.45, 7) is 5.53. The number of benzene rings is 1. The summed E-state index contributed by atoms with van der Waals surface area (Å²) in [5, 5.41) is 4.08. The number of fused-ring (bicyclic) bond motifs is 1. The van der Waals surface area contributed by atoms with Crippen LogP contribution in [-0.4, -0.2) is 85.2 Å². The van der Waals surface area contributed by atoms with E-state index in [-0.39, 0.29) is 5.91 Å². The maximum Gasteiger partial charge on any atom is 0.263 e. The first-order valence-electron chi connectivity index (χ1n) is 12.0. The Morgan fingerprint density at radius 1 is 1.14 bits per heavy atom. The summed E-state index contributed by atoms with van der Waals surface area (Å²) in [5.74, 6) is 1.60. The summed E-state index contributed by atoms with van der Waals surface area (Å²) < 4.78 is 18.6. The van der Waals surface area contributed by atoms with Crippen LogP contribution >= 0.6 is 22.7 Å². The summed E-state index contributed by atoms with van der Waals surface area (Å²) >= 11 is 3.10. The number of hydrogen-bond donors (Lipinski definition) is 0. The minimum atomic E-state index is 0.0946. The third kappa shape index (κ3) is 5.41.